The molecule has 0 unspecified atom stereocenters. The van der Waals surface area contributed by atoms with Crippen LogP contribution in [-0.4, -0.2) is 43.6 Å². The molecule has 0 aliphatic carbocycles. The minimum Gasteiger partial charge on any atom is -0.488 e. The quantitative estimate of drug-likeness (QED) is 0.218. The summed E-state index contributed by atoms with van der Waals surface area (Å²) in [4.78, 5) is 4.41. The summed E-state index contributed by atoms with van der Waals surface area (Å²) in [6.45, 7) is 11.9. The summed E-state index contributed by atoms with van der Waals surface area (Å²) in [5.41, 5.74) is 0.306. The summed E-state index contributed by atoms with van der Waals surface area (Å²) in [6.07, 6.45) is 1.15. The molecule has 202 valence electrons. The van der Waals surface area contributed by atoms with E-state index in [1.54, 1.807) is 0 Å². The standard InChI is InChI=1S/C29H39NO5S2/c1-28(2,3)33-23-12-18-26(19-13-23)37(35-36(9,31)32,25-16-10-22(11-17-25)30(7)8)27-20-14-24(15-21-27)34-29(4,5)6/h10-21H,1-9H3/p+1. The van der Waals surface area contributed by atoms with Gasteiger partial charge in [0, 0.05) is 19.8 Å². The SMILES string of the molecule is CN(C)c1ccc(S([OH+]S(C)(=O)=O)(c2ccc(OC(C)(C)C)cc2)c2ccc(OC(C)(C)C)cc2)cc1. The van der Waals surface area contributed by atoms with Crippen LogP contribution in [0, 0.1) is 0 Å². The van der Waals surface area contributed by atoms with E-state index < -0.39 is 20.4 Å². The molecule has 0 bridgehead atoms. The van der Waals surface area contributed by atoms with Crippen molar-refractivity contribution in [1.29, 1.82) is 0 Å². The number of anilines is 1. The first-order valence-corrected chi connectivity index (χ1v) is 15.6. The summed E-state index contributed by atoms with van der Waals surface area (Å²) in [5, 5.41) is 0. The Kier molecular flexibility index (Phi) is 8.27. The van der Waals surface area contributed by atoms with Gasteiger partial charge in [-0.15, -0.1) is 0 Å². The van der Waals surface area contributed by atoms with E-state index in [0.29, 0.717) is 11.5 Å². The topological polar surface area (TPSA) is 68.6 Å². The molecule has 37 heavy (non-hydrogen) atoms. The van der Waals surface area contributed by atoms with Gasteiger partial charge in [-0.25, -0.2) is 0 Å². The zero-order valence-corrected chi connectivity index (χ0v) is 24.9. The van der Waals surface area contributed by atoms with Crippen LogP contribution in [0.3, 0.4) is 0 Å². The molecule has 0 amide bonds. The molecule has 6 nitrogen and oxygen atoms in total. The van der Waals surface area contributed by atoms with Gasteiger partial charge in [0.1, 0.15) is 29.0 Å². The molecule has 3 aromatic carbocycles. The van der Waals surface area contributed by atoms with Gasteiger partial charge >= 0.3 is 10.1 Å². The van der Waals surface area contributed by atoms with Crippen molar-refractivity contribution in [2.45, 2.75) is 67.4 Å². The van der Waals surface area contributed by atoms with Crippen molar-refractivity contribution in [3.8, 4) is 11.5 Å². The average Bonchev–Trinajstić information content (AvgIpc) is 2.76. The fourth-order valence-electron chi connectivity index (χ4n) is 3.80. The Morgan fingerprint density at radius 2 is 0.946 bits per heavy atom. The van der Waals surface area contributed by atoms with Crippen molar-refractivity contribution < 1.29 is 21.5 Å². The molecule has 0 fully saturated rings. The van der Waals surface area contributed by atoms with Crippen molar-refractivity contribution in [3.05, 3.63) is 72.8 Å². The lowest BCUT2D eigenvalue weighted by Gasteiger charge is -2.35. The van der Waals surface area contributed by atoms with Gasteiger partial charge in [0.15, 0.2) is 0 Å². The van der Waals surface area contributed by atoms with Crippen LogP contribution in [0.4, 0.5) is 5.69 Å². The van der Waals surface area contributed by atoms with Gasteiger partial charge in [-0.3, -0.25) is 3.63 Å². The monoisotopic (exact) mass is 546 g/mol. The summed E-state index contributed by atoms with van der Waals surface area (Å²) in [5.74, 6) is 1.42. The Hall–Kier alpha value is -2.68. The summed E-state index contributed by atoms with van der Waals surface area (Å²) < 4.78 is 42.3. The maximum atomic E-state index is 12.8. The number of nitrogens with zero attached hydrogens (tertiary/aromatic N) is 1. The van der Waals surface area contributed by atoms with E-state index in [2.05, 4.69) is 3.63 Å². The summed E-state index contributed by atoms with van der Waals surface area (Å²) >= 11 is 0. The van der Waals surface area contributed by atoms with Gasteiger partial charge < -0.3 is 14.4 Å². The number of benzene rings is 3. The van der Waals surface area contributed by atoms with Crippen LogP contribution < -0.4 is 14.4 Å². The molecule has 0 aliphatic rings. The second-order valence-corrected chi connectivity index (χ2v) is 15.8. The Labute approximate surface area is 224 Å². The third-order valence-corrected chi connectivity index (χ3v) is 9.96. The molecule has 0 atom stereocenters. The Morgan fingerprint density at radius 1 is 0.622 bits per heavy atom. The van der Waals surface area contributed by atoms with E-state index in [0.717, 1.165) is 26.6 Å². The van der Waals surface area contributed by atoms with Crippen LogP contribution in [0.15, 0.2) is 87.5 Å². The van der Waals surface area contributed by atoms with Crippen molar-refractivity contribution in [2.24, 2.45) is 0 Å². The first-order chi connectivity index (χ1) is 17.0. The number of rotatable bonds is 8. The fourth-order valence-corrected chi connectivity index (χ4v) is 8.86. The molecule has 0 aromatic heterocycles. The number of hydrogen-bond acceptors (Lipinski definition) is 5. The Balaban J connectivity index is 2.26. The van der Waals surface area contributed by atoms with E-state index in [9.17, 15) is 8.42 Å². The van der Waals surface area contributed by atoms with Gasteiger partial charge in [-0.1, -0.05) is 0 Å². The first kappa shape index (κ1) is 28.9. The lowest BCUT2D eigenvalue weighted by atomic mass is 10.2. The van der Waals surface area contributed by atoms with E-state index in [4.69, 9.17) is 9.47 Å². The maximum absolute atomic E-state index is 12.8. The molecule has 0 saturated heterocycles. The minimum absolute atomic E-state index is 0.354. The summed E-state index contributed by atoms with van der Waals surface area (Å²) in [6, 6.07) is 23.1. The molecule has 0 heterocycles. The van der Waals surface area contributed by atoms with Crippen LogP contribution in [-0.2, 0) is 10.1 Å². The van der Waals surface area contributed by atoms with E-state index in [1.807, 2.05) is 133 Å². The molecule has 3 aromatic rings. The molecule has 0 aliphatic heterocycles. The zero-order valence-electron chi connectivity index (χ0n) is 23.3. The van der Waals surface area contributed by atoms with Crippen LogP contribution in [0.2, 0.25) is 0 Å². The highest BCUT2D eigenvalue weighted by Crippen LogP contribution is 2.68. The second kappa shape index (κ2) is 10.6. The summed E-state index contributed by atoms with van der Waals surface area (Å²) in [7, 11) is -2.35. The first-order valence-electron chi connectivity index (χ1n) is 12.1. The van der Waals surface area contributed by atoms with E-state index >= 15 is 0 Å². The van der Waals surface area contributed by atoms with Crippen molar-refractivity contribution >= 4 is 26.1 Å². The molecule has 1 N–H and O–H groups in total. The Bertz CT molecular complexity index is 1230. The highest BCUT2D eigenvalue weighted by Gasteiger charge is 2.41. The third kappa shape index (κ3) is 7.66. The van der Waals surface area contributed by atoms with E-state index in [-0.39, 0.29) is 11.2 Å². The van der Waals surface area contributed by atoms with Gasteiger partial charge in [0.25, 0.3) is 0 Å². The molecule has 0 saturated carbocycles. The van der Waals surface area contributed by atoms with Gasteiger partial charge in [0.05, 0.1) is 25.0 Å². The van der Waals surface area contributed by atoms with Gasteiger partial charge in [-0.05, 0) is 114 Å². The lowest BCUT2D eigenvalue weighted by molar-refractivity contribution is 0.130. The van der Waals surface area contributed by atoms with Crippen LogP contribution in [0.5, 0.6) is 11.5 Å². The smallest absolute Gasteiger partial charge is 0.387 e. The van der Waals surface area contributed by atoms with Gasteiger partial charge in [-0.2, -0.15) is 8.42 Å². The van der Waals surface area contributed by atoms with Crippen molar-refractivity contribution in [3.63, 3.8) is 0 Å². The molecular weight excluding hydrogens is 506 g/mol. The normalized spacial score (nSPS) is 13.2. The minimum atomic E-state index is -3.74. The van der Waals surface area contributed by atoms with Crippen LogP contribution in [0.1, 0.15) is 41.5 Å². The van der Waals surface area contributed by atoms with Crippen LogP contribution in [0.25, 0.3) is 0 Å². The molecule has 8 heteroatoms. The average molecular weight is 547 g/mol. The van der Waals surface area contributed by atoms with Crippen LogP contribution >= 0.6 is 10.3 Å². The molecular formula is C29H40NO5S2+. The van der Waals surface area contributed by atoms with Crippen molar-refractivity contribution in [1.82, 2.24) is 0 Å². The van der Waals surface area contributed by atoms with E-state index in [1.165, 1.54) is 0 Å². The number of hydrogen-bond donors (Lipinski definition) is 0. The fraction of sp³-hybridized carbons (Fsp3) is 0.379. The third-order valence-electron chi connectivity index (χ3n) is 5.12. The van der Waals surface area contributed by atoms with Gasteiger partial charge in [0.2, 0.25) is 0 Å². The molecule has 0 spiro atoms. The Morgan fingerprint density at radius 3 is 1.22 bits per heavy atom. The predicted octanol–water partition coefficient (Wildman–Crippen LogP) is 7.36. The van der Waals surface area contributed by atoms with Crippen molar-refractivity contribution in [2.75, 3.05) is 25.3 Å². The molecule has 0 radical (unpaired) electrons. The zero-order chi connectivity index (χ0) is 27.6. The maximum Gasteiger partial charge on any atom is 0.387 e. The highest BCUT2D eigenvalue weighted by molar-refractivity contribution is 8.32. The second-order valence-electron chi connectivity index (χ2n) is 11.1. The molecule has 3 rings (SSSR count). The highest BCUT2D eigenvalue weighted by atomic mass is 32.3. The lowest BCUT2D eigenvalue weighted by Crippen LogP contribution is -2.23. The largest absolute Gasteiger partial charge is 0.488 e. The number of ether oxygens (including phenoxy) is 2. The predicted molar refractivity (Wildman–Crippen MR) is 154 cm³/mol.